The maximum Gasteiger partial charge on any atom is 0.275 e. The summed E-state index contributed by atoms with van der Waals surface area (Å²) in [5.41, 5.74) is 8.64. The van der Waals surface area contributed by atoms with Gasteiger partial charge in [-0.2, -0.15) is 10.2 Å². The van der Waals surface area contributed by atoms with Gasteiger partial charge in [0, 0.05) is 6.04 Å². The lowest BCUT2D eigenvalue weighted by atomic mass is 10.2. The SMILES string of the molecule is Cc1nn(C(C)C)c(C)c1NC(=O)c1[nH]ncc1N. The smallest absolute Gasteiger partial charge is 0.275 e. The molecule has 2 heterocycles. The summed E-state index contributed by atoms with van der Waals surface area (Å²) in [6.45, 7) is 7.86. The molecule has 19 heavy (non-hydrogen) atoms. The Morgan fingerprint density at radius 1 is 1.47 bits per heavy atom. The van der Waals surface area contributed by atoms with Gasteiger partial charge in [0.15, 0.2) is 0 Å². The first-order chi connectivity index (χ1) is 8.91. The van der Waals surface area contributed by atoms with E-state index in [1.165, 1.54) is 6.20 Å². The fourth-order valence-corrected chi connectivity index (χ4v) is 2.00. The Kier molecular flexibility index (Phi) is 3.28. The number of aromatic amines is 1. The average molecular weight is 262 g/mol. The van der Waals surface area contributed by atoms with Crippen LogP contribution in [0.25, 0.3) is 0 Å². The van der Waals surface area contributed by atoms with Gasteiger partial charge in [-0.15, -0.1) is 0 Å². The summed E-state index contributed by atoms with van der Waals surface area (Å²) in [6, 6.07) is 0.238. The zero-order chi connectivity index (χ0) is 14.2. The lowest BCUT2D eigenvalue weighted by Gasteiger charge is -2.09. The molecule has 0 radical (unpaired) electrons. The fraction of sp³-hybridized carbons (Fsp3) is 0.417. The van der Waals surface area contributed by atoms with Gasteiger partial charge in [0.25, 0.3) is 5.91 Å². The molecule has 0 aliphatic carbocycles. The molecule has 7 nitrogen and oxygen atoms in total. The Morgan fingerprint density at radius 3 is 2.63 bits per heavy atom. The lowest BCUT2D eigenvalue weighted by molar-refractivity contribution is 0.102. The molecule has 0 spiro atoms. The van der Waals surface area contributed by atoms with Crippen LogP contribution in [-0.4, -0.2) is 25.9 Å². The third-order valence-corrected chi connectivity index (χ3v) is 2.95. The number of nitrogens with zero attached hydrogens (tertiary/aromatic N) is 3. The van der Waals surface area contributed by atoms with E-state index in [1.54, 1.807) is 0 Å². The third-order valence-electron chi connectivity index (χ3n) is 2.95. The van der Waals surface area contributed by atoms with Crippen LogP contribution in [0.3, 0.4) is 0 Å². The zero-order valence-corrected chi connectivity index (χ0v) is 11.5. The molecule has 0 unspecified atom stereocenters. The summed E-state index contributed by atoms with van der Waals surface area (Å²) in [5, 5.41) is 13.5. The third kappa shape index (κ3) is 2.31. The van der Waals surface area contributed by atoms with Gasteiger partial charge in [0.1, 0.15) is 5.69 Å². The highest BCUT2D eigenvalue weighted by Gasteiger charge is 2.18. The van der Waals surface area contributed by atoms with E-state index in [9.17, 15) is 4.79 Å². The average Bonchev–Trinajstić information content (AvgIpc) is 2.87. The van der Waals surface area contributed by atoms with Crippen molar-refractivity contribution in [2.75, 3.05) is 11.1 Å². The number of nitrogens with one attached hydrogen (secondary N) is 2. The molecule has 2 aromatic heterocycles. The van der Waals surface area contributed by atoms with Crippen molar-refractivity contribution in [2.24, 2.45) is 0 Å². The fourth-order valence-electron chi connectivity index (χ4n) is 2.00. The van der Waals surface area contributed by atoms with E-state index < -0.39 is 0 Å². The number of hydrogen-bond acceptors (Lipinski definition) is 4. The molecule has 0 fully saturated rings. The molecule has 0 aliphatic rings. The number of rotatable bonds is 3. The van der Waals surface area contributed by atoms with E-state index in [0.29, 0.717) is 11.4 Å². The summed E-state index contributed by atoms with van der Waals surface area (Å²) in [6.07, 6.45) is 1.41. The second kappa shape index (κ2) is 4.75. The predicted octanol–water partition coefficient (Wildman–Crippen LogP) is 1.64. The summed E-state index contributed by atoms with van der Waals surface area (Å²) in [7, 11) is 0. The van der Waals surface area contributed by atoms with Crippen molar-refractivity contribution >= 4 is 17.3 Å². The van der Waals surface area contributed by atoms with Crippen molar-refractivity contribution < 1.29 is 4.79 Å². The van der Waals surface area contributed by atoms with Crippen LogP contribution >= 0.6 is 0 Å². The number of carbonyl (C=O) groups is 1. The van der Waals surface area contributed by atoms with Crippen LogP contribution in [0, 0.1) is 13.8 Å². The number of nitrogen functional groups attached to an aromatic ring is 1. The second-order valence-electron chi connectivity index (χ2n) is 4.74. The number of aryl methyl sites for hydroxylation is 1. The first kappa shape index (κ1) is 13.1. The van der Waals surface area contributed by atoms with Crippen molar-refractivity contribution in [3.05, 3.63) is 23.3 Å². The zero-order valence-electron chi connectivity index (χ0n) is 11.5. The van der Waals surface area contributed by atoms with Gasteiger partial charge in [0.2, 0.25) is 0 Å². The van der Waals surface area contributed by atoms with Crippen LogP contribution in [0.15, 0.2) is 6.20 Å². The van der Waals surface area contributed by atoms with Crippen LogP contribution in [-0.2, 0) is 0 Å². The number of anilines is 2. The molecule has 0 saturated carbocycles. The molecule has 0 bridgehead atoms. The number of amides is 1. The van der Waals surface area contributed by atoms with E-state index in [0.717, 1.165) is 11.4 Å². The molecular weight excluding hydrogens is 244 g/mol. The van der Waals surface area contributed by atoms with Crippen LogP contribution in [0.4, 0.5) is 11.4 Å². The lowest BCUT2D eigenvalue weighted by Crippen LogP contribution is -2.15. The van der Waals surface area contributed by atoms with Gasteiger partial charge in [-0.3, -0.25) is 14.6 Å². The van der Waals surface area contributed by atoms with Crippen LogP contribution < -0.4 is 11.1 Å². The first-order valence-corrected chi connectivity index (χ1v) is 6.07. The minimum atomic E-state index is -0.315. The Balaban J connectivity index is 2.30. The molecule has 4 N–H and O–H groups in total. The van der Waals surface area contributed by atoms with Crippen LogP contribution in [0.1, 0.15) is 41.8 Å². The van der Waals surface area contributed by atoms with Crippen molar-refractivity contribution in [1.29, 1.82) is 0 Å². The molecule has 2 aromatic rings. The van der Waals surface area contributed by atoms with Crippen molar-refractivity contribution in [1.82, 2.24) is 20.0 Å². The molecule has 102 valence electrons. The summed E-state index contributed by atoms with van der Waals surface area (Å²) in [5.74, 6) is -0.315. The van der Waals surface area contributed by atoms with Gasteiger partial charge >= 0.3 is 0 Å². The second-order valence-corrected chi connectivity index (χ2v) is 4.74. The summed E-state index contributed by atoms with van der Waals surface area (Å²) in [4.78, 5) is 12.1. The van der Waals surface area contributed by atoms with E-state index in [4.69, 9.17) is 5.73 Å². The maximum atomic E-state index is 12.1. The van der Waals surface area contributed by atoms with Crippen LogP contribution in [0.2, 0.25) is 0 Å². The Hall–Kier alpha value is -2.31. The quantitative estimate of drug-likeness (QED) is 0.782. The highest BCUT2D eigenvalue weighted by Crippen LogP contribution is 2.23. The van der Waals surface area contributed by atoms with Crippen LogP contribution in [0.5, 0.6) is 0 Å². The minimum absolute atomic E-state index is 0.238. The monoisotopic (exact) mass is 262 g/mol. The minimum Gasteiger partial charge on any atom is -0.396 e. The molecule has 7 heteroatoms. The number of nitrogens with two attached hydrogens (primary N) is 1. The Labute approximate surface area is 111 Å². The highest BCUT2D eigenvalue weighted by atomic mass is 16.2. The van der Waals surface area contributed by atoms with Crippen molar-refractivity contribution in [2.45, 2.75) is 33.7 Å². The molecule has 0 atom stereocenters. The first-order valence-electron chi connectivity index (χ1n) is 6.07. The highest BCUT2D eigenvalue weighted by molar-refractivity contribution is 6.06. The van der Waals surface area contributed by atoms with E-state index in [2.05, 4.69) is 20.6 Å². The molecule has 0 aliphatic heterocycles. The molecule has 0 aromatic carbocycles. The summed E-state index contributed by atoms with van der Waals surface area (Å²) >= 11 is 0. The Morgan fingerprint density at radius 2 is 2.16 bits per heavy atom. The van der Waals surface area contributed by atoms with Gasteiger partial charge in [-0.25, -0.2) is 0 Å². The number of carbonyl (C=O) groups excluding carboxylic acids is 1. The normalized spacial score (nSPS) is 11.0. The van der Waals surface area contributed by atoms with Gasteiger partial charge in [-0.1, -0.05) is 0 Å². The molecule has 2 rings (SSSR count). The number of aromatic nitrogens is 4. The standard InChI is InChI=1S/C12H18N6O/c1-6(2)18-8(4)10(7(3)17-18)15-12(19)11-9(13)5-14-16-11/h5-6H,13H2,1-4H3,(H,14,16)(H,15,19). The predicted molar refractivity (Wildman–Crippen MR) is 73.0 cm³/mol. The maximum absolute atomic E-state index is 12.1. The van der Waals surface area contributed by atoms with E-state index in [1.807, 2.05) is 32.4 Å². The van der Waals surface area contributed by atoms with Gasteiger partial charge < -0.3 is 11.1 Å². The molecule has 1 amide bonds. The van der Waals surface area contributed by atoms with E-state index in [-0.39, 0.29) is 17.6 Å². The van der Waals surface area contributed by atoms with Crippen molar-refractivity contribution in [3.8, 4) is 0 Å². The van der Waals surface area contributed by atoms with Gasteiger partial charge in [0.05, 0.1) is 29.0 Å². The largest absolute Gasteiger partial charge is 0.396 e. The number of H-pyrrole nitrogens is 1. The molecule has 0 saturated heterocycles. The number of hydrogen-bond donors (Lipinski definition) is 3. The molecular formula is C12H18N6O. The topological polar surface area (TPSA) is 102 Å². The van der Waals surface area contributed by atoms with Crippen molar-refractivity contribution in [3.63, 3.8) is 0 Å². The summed E-state index contributed by atoms with van der Waals surface area (Å²) < 4.78 is 1.88. The van der Waals surface area contributed by atoms with Gasteiger partial charge in [-0.05, 0) is 27.7 Å². The van der Waals surface area contributed by atoms with E-state index >= 15 is 0 Å². The Bertz CT molecular complexity index is 610.